The fourth-order valence-electron chi connectivity index (χ4n) is 3.73. The number of carbonyl (C=O) groups is 1. The normalized spacial score (nSPS) is 16.4. The zero-order chi connectivity index (χ0) is 22.8. The smallest absolute Gasteiger partial charge is 0.263 e. The summed E-state index contributed by atoms with van der Waals surface area (Å²) >= 11 is 0. The molecule has 0 unspecified atom stereocenters. The summed E-state index contributed by atoms with van der Waals surface area (Å²) in [6.45, 7) is 11.1. The minimum Gasteiger partial charge on any atom is -0.481 e. The third-order valence-electron chi connectivity index (χ3n) is 5.65. The summed E-state index contributed by atoms with van der Waals surface area (Å²) in [6.07, 6.45) is -0.639. The third-order valence-corrected chi connectivity index (χ3v) is 7.56. The average Bonchev–Trinajstić information content (AvgIpc) is 2.73. The topological polar surface area (TPSA) is 66.9 Å². The Kier molecular flexibility index (Phi) is 7.06. The summed E-state index contributed by atoms with van der Waals surface area (Å²) in [5.74, 6) is 0.897. The van der Waals surface area contributed by atoms with Crippen LogP contribution in [0, 0.1) is 13.8 Å². The van der Waals surface area contributed by atoms with E-state index in [9.17, 15) is 13.2 Å². The quantitative estimate of drug-likeness (QED) is 0.681. The summed E-state index contributed by atoms with van der Waals surface area (Å²) < 4.78 is 33.3. The Bertz CT molecular complexity index is 1020. The Morgan fingerprint density at radius 3 is 2.06 bits per heavy atom. The predicted molar refractivity (Wildman–Crippen MR) is 122 cm³/mol. The van der Waals surface area contributed by atoms with Crippen molar-refractivity contribution in [2.75, 3.05) is 26.2 Å². The van der Waals surface area contributed by atoms with Crippen molar-refractivity contribution < 1.29 is 17.9 Å². The maximum Gasteiger partial charge on any atom is 0.263 e. The number of aryl methyl sites for hydroxylation is 2. The van der Waals surface area contributed by atoms with Gasteiger partial charge in [-0.25, -0.2) is 8.42 Å². The molecule has 0 N–H and O–H groups in total. The van der Waals surface area contributed by atoms with Crippen LogP contribution in [0.2, 0.25) is 0 Å². The van der Waals surface area contributed by atoms with Crippen LogP contribution in [0.3, 0.4) is 0 Å². The predicted octanol–water partition coefficient (Wildman–Crippen LogP) is 3.73. The largest absolute Gasteiger partial charge is 0.481 e. The molecule has 1 saturated heterocycles. The van der Waals surface area contributed by atoms with Crippen molar-refractivity contribution in [3.05, 3.63) is 59.2 Å². The van der Waals surface area contributed by atoms with Gasteiger partial charge in [0.1, 0.15) is 5.75 Å². The van der Waals surface area contributed by atoms with Crippen LogP contribution in [0.15, 0.2) is 47.4 Å². The molecular formula is C24H32N2O4S. The molecule has 0 radical (unpaired) electrons. The van der Waals surface area contributed by atoms with Crippen LogP contribution in [0.25, 0.3) is 0 Å². The molecule has 3 rings (SSSR count). The van der Waals surface area contributed by atoms with Crippen molar-refractivity contribution in [2.45, 2.75) is 51.5 Å². The summed E-state index contributed by atoms with van der Waals surface area (Å²) in [6, 6.07) is 12.9. The van der Waals surface area contributed by atoms with E-state index in [2.05, 4.69) is 13.8 Å². The molecule has 0 bridgehead atoms. The Balaban J connectivity index is 1.64. The molecule has 2 aromatic rings. The Hall–Kier alpha value is -2.38. The lowest BCUT2D eigenvalue weighted by Gasteiger charge is -2.35. The first-order valence-electron chi connectivity index (χ1n) is 10.7. The molecule has 1 heterocycles. The van der Waals surface area contributed by atoms with Gasteiger partial charge in [0.25, 0.3) is 5.91 Å². The first kappa shape index (κ1) is 23.3. The number of nitrogens with zero attached hydrogens (tertiary/aromatic N) is 2. The number of ether oxygens (including phenoxy) is 1. The van der Waals surface area contributed by atoms with Crippen molar-refractivity contribution in [1.82, 2.24) is 9.21 Å². The molecule has 0 aliphatic carbocycles. The number of amides is 1. The highest BCUT2D eigenvalue weighted by Crippen LogP contribution is 2.28. The van der Waals surface area contributed by atoms with Gasteiger partial charge in [-0.05, 0) is 56.0 Å². The summed E-state index contributed by atoms with van der Waals surface area (Å²) in [4.78, 5) is 14.9. The molecule has 1 aliphatic heterocycles. The number of benzene rings is 2. The standard InChI is InChI=1S/C24H32N2O4S/c1-17(2)22-11-8-19(4)16-23(22)30-20(5)24(27)25-12-14-26(15-13-25)31(28,29)21-9-6-18(3)7-10-21/h6-11,16-17,20H,12-15H2,1-5H3/t20-/m1/s1. The van der Waals surface area contributed by atoms with Crippen LogP contribution in [0.5, 0.6) is 5.75 Å². The van der Waals surface area contributed by atoms with E-state index >= 15 is 0 Å². The van der Waals surface area contributed by atoms with E-state index in [0.717, 1.165) is 22.4 Å². The Morgan fingerprint density at radius 2 is 1.48 bits per heavy atom. The van der Waals surface area contributed by atoms with Gasteiger partial charge in [-0.3, -0.25) is 4.79 Å². The minimum absolute atomic E-state index is 0.122. The molecular weight excluding hydrogens is 412 g/mol. The van der Waals surface area contributed by atoms with Gasteiger partial charge in [-0.15, -0.1) is 0 Å². The molecule has 1 atom stereocenters. The van der Waals surface area contributed by atoms with Gasteiger partial charge in [0.05, 0.1) is 4.90 Å². The molecule has 0 saturated carbocycles. The van der Waals surface area contributed by atoms with Crippen LogP contribution < -0.4 is 4.74 Å². The molecule has 1 fully saturated rings. The number of hydrogen-bond acceptors (Lipinski definition) is 4. The molecule has 168 valence electrons. The molecule has 0 aromatic heterocycles. The van der Waals surface area contributed by atoms with Gasteiger partial charge >= 0.3 is 0 Å². The molecule has 1 amide bonds. The first-order valence-corrected chi connectivity index (χ1v) is 12.2. The second-order valence-corrected chi connectivity index (χ2v) is 10.4. The van der Waals surface area contributed by atoms with Crippen molar-refractivity contribution in [2.24, 2.45) is 0 Å². The maximum atomic E-state index is 13.0. The SMILES string of the molecule is Cc1ccc(S(=O)(=O)N2CCN(C(=O)[C@@H](C)Oc3cc(C)ccc3C(C)C)CC2)cc1. The highest BCUT2D eigenvalue weighted by Gasteiger charge is 2.32. The fraction of sp³-hybridized carbons (Fsp3) is 0.458. The summed E-state index contributed by atoms with van der Waals surface area (Å²) in [5, 5.41) is 0. The van der Waals surface area contributed by atoms with Crippen LogP contribution in [0.4, 0.5) is 0 Å². The summed E-state index contributed by atoms with van der Waals surface area (Å²) in [5.41, 5.74) is 3.16. The van der Waals surface area contributed by atoms with E-state index in [1.165, 1.54) is 4.31 Å². The van der Waals surface area contributed by atoms with Crippen molar-refractivity contribution in [1.29, 1.82) is 0 Å². The molecule has 1 aliphatic rings. The van der Waals surface area contributed by atoms with Gasteiger partial charge < -0.3 is 9.64 Å². The van der Waals surface area contributed by atoms with E-state index < -0.39 is 16.1 Å². The monoisotopic (exact) mass is 444 g/mol. The Labute approximate surface area is 185 Å². The van der Waals surface area contributed by atoms with E-state index in [0.29, 0.717) is 13.1 Å². The van der Waals surface area contributed by atoms with E-state index in [-0.39, 0.29) is 29.8 Å². The van der Waals surface area contributed by atoms with Gasteiger partial charge in [0.15, 0.2) is 6.10 Å². The number of piperazine rings is 1. The van der Waals surface area contributed by atoms with Crippen molar-refractivity contribution in [3.63, 3.8) is 0 Å². The highest BCUT2D eigenvalue weighted by atomic mass is 32.2. The molecule has 7 heteroatoms. The molecule has 2 aromatic carbocycles. The van der Waals surface area contributed by atoms with E-state index in [4.69, 9.17) is 4.74 Å². The number of rotatable bonds is 6. The van der Waals surface area contributed by atoms with Crippen molar-refractivity contribution >= 4 is 15.9 Å². The maximum absolute atomic E-state index is 13.0. The molecule has 6 nitrogen and oxygen atoms in total. The first-order chi connectivity index (χ1) is 14.6. The van der Waals surface area contributed by atoms with Crippen LogP contribution in [-0.4, -0.2) is 55.8 Å². The third kappa shape index (κ3) is 5.28. The van der Waals surface area contributed by atoms with Gasteiger partial charge in [-0.2, -0.15) is 4.31 Å². The average molecular weight is 445 g/mol. The zero-order valence-electron chi connectivity index (χ0n) is 19.0. The van der Waals surface area contributed by atoms with Crippen LogP contribution in [0.1, 0.15) is 43.4 Å². The highest BCUT2D eigenvalue weighted by molar-refractivity contribution is 7.89. The lowest BCUT2D eigenvalue weighted by Crippen LogP contribution is -2.53. The number of carbonyl (C=O) groups excluding carboxylic acids is 1. The van der Waals surface area contributed by atoms with E-state index in [1.807, 2.05) is 32.0 Å². The molecule has 0 spiro atoms. The fourth-order valence-corrected chi connectivity index (χ4v) is 5.15. The number of hydrogen-bond donors (Lipinski definition) is 0. The van der Waals surface area contributed by atoms with Crippen LogP contribution >= 0.6 is 0 Å². The van der Waals surface area contributed by atoms with E-state index in [1.54, 1.807) is 36.1 Å². The Morgan fingerprint density at radius 1 is 0.903 bits per heavy atom. The van der Waals surface area contributed by atoms with Gasteiger partial charge in [0, 0.05) is 26.2 Å². The van der Waals surface area contributed by atoms with Gasteiger partial charge in [0.2, 0.25) is 10.0 Å². The van der Waals surface area contributed by atoms with Crippen molar-refractivity contribution in [3.8, 4) is 5.75 Å². The zero-order valence-corrected chi connectivity index (χ0v) is 19.8. The minimum atomic E-state index is -3.55. The second-order valence-electron chi connectivity index (χ2n) is 8.50. The number of sulfonamides is 1. The van der Waals surface area contributed by atoms with Gasteiger partial charge in [-0.1, -0.05) is 43.7 Å². The lowest BCUT2D eigenvalue weighted by molar-refractivity contribution is -0.139. The second kappa shape index (κ2) is 9.40. The summed E-state index contributed by atoms with van der Waals surface area (Å²) in [7, 11) is -3.55. The van der Waals surface area contributed by atoms with Crippen LogP contribution in [-0.2, 0) is 14.8 Å². The molecule has 31 heavy (non-hydrogen) atoms. The lowest BCUT2D eigenvalue weighted by atomic mass is 10.0.